The molecule has 144 valence electrons. The zero-order valence-corrected chi connectivity index (χ0v) is 15.8. The lowest BCUT2D eigenvalue weighted by Crippen LogP contribution is -2.36. The minimum Gasteiger partial charge on any atom is -0.399 e. The molecule has 8 heteroatoms. The number of nitriles is 1. The third kappa shape index (κ3) is 3.69. The number of carbonyl (C=O) groups excluding carboxylic acids is 1. The molecule has 0 radical (unpaired) electrons. The van der Waals surface area contributed by atoms with E-state index in [1.54, 1.807) is 25.1 Å². The van der Waals surface area contributed by atoms with Crippen LogP contribution in [0.4, 0.5) is 23.1 Å². The Morgan fingerprint density at radius 2 is 2.18 bits per heavy atom. The van der Waals surface area contributed by atoms with E-state index in [9.17, 15) is 4.79 Å². The number of benzene rings is 1. The number of anilines is 4. The van der Waals surface area contributed by atoms with Gasteiger partial charge in [0.05, 0.1) is 17.3 Å². The Morgan fingerprint density at radius 1 is 1.32 bits per heavy atom. The molecule has 1 aliphatic carbocycles. The smallest absolute Gasteiger partial charge is 0.229 e. The first-order chi connectivity index (χ1) is 13.5. The molecular weight excluding hydrogens is 354 g/mol. The molecular formula is C20H23N7O. The third-order valence-corrected chi connectivity index (χ3v) is 5.15. The second-order valence-corrected chi connectivity index (χ2v) is 7.36. The van der Waals surface area contributed by atoms with E-state index >= 15 is 0 Å². The summed E-state index contributed by atoms with van der Waals surface area (Å²) >= 11 is 0. The van der Waals surface area contributed by atoms with Crippen molar-refractivity contribution in [3.05, 3.63) is 35.0 Å². The molecule has 1 aromatic carbocycles. The van der Waals surface area contributed by atoms with Crippen LogP contribution in [-0.4, -0.2) is 35.0 Å². The highest BCUT2D eigenvalue weighted by molar-refractivity contribution is 5.73. The molecule has 0 saturated carbocycles. The molecule has 2 heterocycles. The van der Waals surface area contributed by atoms with Crippen LogP contribution in [0.3, 0.4) is 0 Å². The van der Waals surface area contributed by atoms with Gasteiger partial charge in [-0.2, -0.15) is 10.2 Å². The second kappa shape index (κ2) is 7.35. The lowest BCUT2D eigenvalue weighted by Gasteiger charge is -2.21. The van der Waals surface area contributed by atoms with Crippen LogP contribution >= 0.6 is 0 Å². The maximum Gasteiger partial charge on any atom is 0.229 e. The van der Waals surface area contributed by atoms with Gasteiger partial charge in [-0.25, -0.2) is 4.98 Å². The van der Waals surface area contributed by atoms with Crippen LogP contribution in [-0.2, 0) is 17.6 Å². The van der Waals surface area contributed by atoms with E-state index in [1.807, 2.05) is 0 Å². The summed E-state index contributed by atoms with van der Waals surface area (Å²) in [7, 11) is 0. The fourth-order valence-corrected chi connectivity index (χ4v) is 4.01. The van der Waals surface area contributed by atoms with Crippen LogP contribution in [0, 0.1) is 11.3 Å². The van der Waals surface area contributed by atoms with Crippen molar-refractivity contribution in [2.24, 2.45) is 0 Å². The highest BCUT2D eigenvalue weighted by atomic mass is 16.1. The van der Waals surface area contributed by atoms with Crippen molar-refractivity contribution in [3.63, 3.8) is 0 Å². The molecule has 4 N–H and O–H groups in total. The Bertz CT molecular complexity index is 966. The van der Waals surface area contributed by atoms with Gasteiger partial charge in [0.25, 0.3) is 0 Å². The number of fused-ring (bicyclic) bond motifs is 1. The van der Waals surface area contributed by atoms with Crippen LogP contribution in [0.1, 0.15) is 36.6 Å². The first kappa shape index (κ1) is 18.0. The normalized spacial score (nSPS) is 17.9. The summed E-state index contributed by atoms with van der Waals surface area (Å²) in [5, 5.41) is 15.4. The van der Waals surface area contributed by atoms with Crippen molar-refractivity contribution in [1.29, 1.82) is 5.26 Å². The number of nitrogens with one attached hydrogen (secondary N) is 2. The number of nitrogens with two attached hydrogens (primary N) is 1. The Balaban J connectivity index is 1.62. The van der Waals surface area contributed by atoms with Crippen molar-refractivity contribution < 1.29 is 4.79 Å². The highest BCUT2D eigenvalue weighted by Gasteiger charge is 2.29. The number of amides is 1. The van der Waals surface area contributed by atoms with Gasteiger partial charge < -0.3 is 21.3 Å². The molecule has 4 rings (SSSR count). The van der Waals surface area contributed by atoms with Crippen LogP contribution in [0.25, 0.3) is 0 Å². The zero-order valence-electron chi connectivity index (χ0n) is 15.8. The summed E-state index contributed by atoms with van der Waals surface area (Å²) in [6.07, 6.45) is 3.88. The first-order valence-corrected chi connectivity index (χ1v) is 9.51. The Labute approximate surface area is 163 Å². The summed E-state index contributed by atoms with van der Waals surface area (Å²) in [5.74, 6) is 1.45. The average Bonchev–Trinajstić information content (AvgIpc) is 3.29. The Hall–Kier alpha value is -3.34. The number of rotatable bonds is 4. The van der Waals surface area contributed by atoms with Gasteiger partial charge in [0, 0.05) is 43.0 Å². The zero-order chi connectivity index (χ0) is 19.7. The van der Waals surface area contributed by atoms with E-state index in [0.717, 1.165) is 50.3 Å². The standard InChI is InChI=1S/C20H23N7O/c1-12(28)23-15-5-6-27(11-15)19-17-3-2-4-18(17)25-20(26-19)24-16-8-13(10-21)7-14(22)9-16/h7-9,15H,2-6,11,22H2,1H3,(H,23,28)(H,24,25,26). The van der Waals surface area contributed by atoms with Crippen LogP contribution in [0.2, 0.25) is 0 Å². The molecule has 1 aliphatic heterocycles. The molecule has 2 aliphatic rings. The van der Waals surface area contributed by atoms with Crippen molar-refractivity contribution in [2.45, 2.75) is 38.6 Å². The van der Waals surface area contributed by atoms with Gasteiger partial charge >= 0.3 is 0 Å². The van der Waals surface area contributed by atoms with Crippen LogP contribution in [0.15, 0.2) is 18.2 Å². The number of aryl methyl sites for hydroxylation is 1. The number of hydrogen-bond acceptors (Lipinski definition) is 7. The molecule has 1 aromatic heterocycles. The Morgan fingerprint density at radius 3 is 2.96 bits per heavy atom. The predicted molar refractivity (Wildman–Crippen MR) is 107 cm³/mol. The summed E-state index contributed by atoms with van der Waals surface area (Å²) in [6.45, 7) is 3.15. The molecule has 1 unspecified atom stereocenters. The summed E-state index contributed by atoms with van der Waals surface area (Å²) in [4.78, 5) is 23.1. The quantitative estimate of drug-likeness (QED) is 0.696. The number of hydrogen-bond donors (Lipinski definition) is 3. The van der Waals surface area contributed by atoms with Crippen molar-refractivity contribution >= 4 is 29.0 Å². The summed E-state index contributed by atoms with van der Waals surface area (Å²) < 4.78 is 0. The van der Waals surface area contributed by atoms with Gasteiger partial charge in [-0.1, -0.05) is 0 Å². The van der Waals surface area contributed by atoms with E-state index in [-0.39, 0.29) is 11.9 Å². The second-order valence-electron chi connectivity index (χ2n) is 7.36. The highest BCUT2D eigenvalue weighted by Crippen LogP contribution is 2.32. The lowest BCUT2D eigenvalue weighted by molar-refractivity contribution is -0.119. The summed E-state index contributed by atoms with van der Waals surface area (Å²) in [5.41, 5.74) is 9.86. The monoisotopic (exact) mass is 377 g/mol. The molecule has 1 atom stereocenters. The van der Waals surface area contributed by atoms with E-state index in [0.29, 0.717) is 22.9 Å². The number of carbonyl (C=O) groups is 1. The average molecular weight is 377 g/mol. The van der Waals surface area contributed by atoms with E-state index in [2.05, 4.69) is 21.6 Å². The molecule has 1 saturated heterocycles. The lowest BCUT2D eigenvalue weighted by atomic mass is 10.2. The Kier molecular flexibility index (Phi) is 4.74. The number of aromatic nitrogens is 2. The fourth-order valence-electron chi connectivity index (χ4n) is 4.01. The summed E-state index contributed by atoms with van der Waals surface area (Å²) in [6, 6.07) is 7.38. The molecule has 0 spiro atoms. The molecule has 2 aromatic rings. The minimum absolute atomic E-state index is 0.00270. The van der Waals surface area contributed by atoms with E-state index in [4.69, 9.17) is 21.0 Å². The number of nitrogens with zero attached hydrogens (tertiary/aromatic N) is 4. The fraction of sp³-hybridized carbons (Fsp3) is 0.400. The SMILES string of the molecule is CC(=O)NC1CCN(c2nc(Nc3cc(N)cc(C#N)c3)nc3c2CCC3)C1. The molecule has 28 heavy (non-hydrogen) atoms. The minimum atomic E-state index is -0.00270. The van der Waals surface area contributed by atoms with Crippen molar-refractivity contribution in [3.8, 4) is 6.07 Å². The van der Waals surface area contributed by atoms with Crippen LogP contribution in [0.5, 0.6) is 0 Å². The van der Waals surface area contributed by atoms with Gasteiger partial charge in [-0.3, -0.25) is 4.79 Å². The maximum atomic E-state index is 11.4. The first-order valence-electron chi connectivity index (χ1n) is 9.51. The third-order valence-electron chi connectivity index (χ3n) is 5.15. The number of nitrogen functional groups attached to an aromatic ring is 1. The van der Waals surface area contributed by atoms with E-state index in [1.165, 1.54) is 5.56 Å². The molecule has 1 amide bonds. The van der Waals surface area contributed by atoms with Gasteiger partial charge in [-0.05, 0) is 43.9 Å². The van der Waals surface area contributed by atoms with Crippen LogP contribution < -0.4 is 21.3 Å². The van der Waals surface area contributed by atoms with Gasteiger partial charge in [0.2, 0.25) is 11.9 Å². The van der Waals surface area contributed by atoms with Gasteiger partial charge in [-0.15, -0.1) is 0 Å². The van der Waals surface area contributed by atoms with Crippen molar-refractivity contribution in [2.75, 3.05) is 29.0 Å². The van der Waals surface area contributed by atoms with Crippen molar-refractivity contribution in [1.82, 2.24) is 15.3 Å². The van der Waals surface area contributed by atoms with Gasteiger partial charge in [0.1, 0.15) is 5.82 Å². The maximum absolute atomic E-state index is 11.4. The van der Waals surface area contributed by atoms with Gasteiger partial charge in [0.15, 0.2) is 0 Å². The largest absolute Gasteiger partial charge is 0.399 e. The molecule has 1 fully saturated rings. The topological polar surface area (TPSA) is 120 Å². The van der Waals surface area contributed by atoms with E-state index < -0.39 is 0 Å². The molecule has 0 bridgehead atoms. The predicted octanol–water partition coefficient (Wildman–Crippen LogP) is 1.88. The molecule has 8 nitrogen and oxygen atoms in total.